The zero-order chi connectivity index (χ0) is 13.8. The quantitative estimate of drug-likeness (QED) is 0.917. The van der Waals surface area contributed by atoms with Crippen molar-refractivity contribution in [1.29, 1.82) is 0 Å². The van der Waals surface area contributed by atoms with E-state index in [0.717, 1.165) is 22.8 Å². The average Bonchev–Trinajstić information content (AvgIpc) is 2.36. The van der Waals surface area contributed by atoms with E-state index in [4.69, 9.17) is 0 Å². The second-order valence-electron chi connectivity index (χ2n) is 4.86. The van der Waals surface area contributed by atoms with Crippen molar-refractivity contribution in [2.45, 2.75) is 33.4 Å². The summed E-state index contributed by atoms with van der Waals surface area (Å²) in [7, 11) is 0. The van der Waals surface area contributed by atoms with Gasteiger partial charge in [-0.1, -0.05) is 26.0 Å². The first-order valence-electron chi connectivity index (χ1n) is 6.38. The van der Waals surface area contributed by atoms with Crippen LogP contribution in [0.4, 0.5) is 4.39 Å². The van der Waals surface area contributed by atoms with Gasteiger partial charge in [0.2, 0.25) is 0 Å². The van der Waals surface area contributed by atoms with Crippen LogP contribution in [-0.4, -0.2) is 16.0 Å². The van der Waals surface area contributed by atoms with E-state index in [1.54, 1.807) is 6.07 Å². The van der Waals surface area contributed by atoms with Crippen molar-refractivity contribution in [2.24, 2.45) is 0 Å². The first-order chi connectivity index (χ1) is 9.04. The third-order valence-electron chi connectivity index (χ3n) is 2.69. The van der Waals surface area contributed by atoms with Gasteiger partial charge in [-0.15, -0.1) is 0 Å². The summed E-state index contributed by atoms with van der Waals surface area (Å²) in [5.74, 6) is 0.476. The standard InChI is InChI=1S/C15H18FN3/c1-10(2)17-9-15-18-11(3)7-14(19-15)12-5-4-6-13(16)8-12/h4-8,10,17H,9H2,1-3H3. The van der Waals surface area contributed by atoms with Crippen LogP contribution in [0.5, 0.6) is 0 Å². The molecule has 0 saturated carbocycles. The molecule has 1 aromatic heterocycles. The van der Waals surface area contributed by atoms with Crippen LogP contribution in [0.1, 0.15) is 25.4 Å². The molecule has 0 unspecified atom stereocenters. The minimum atomic E-state index is -0.254. The lowest BCUT2D eigenvalue weighted by Gasteiger charge is -2.09. The van der Waals surface area contributed by atoms with Crippen molar-refractivity contribution >= 4 is 0 Å². The van der Waals surface area contributed by atoms with E-state index in [2.05, 4.69) is 29.1 Å². The number of hydrogen-bond donors (Lipinski definition) is 1. The van der Waals surface area contributed by atoms with Crippen molar-refractivity contribution in [2.75, 3.05) is 0 Å². The molecule has 3 nitrogen and oxygen atoms in total. The Morgan fingerprint density at radius 2 is 2.00 bits per heavy atom. The molecule has 19 heavy (non-hydrogen) atoms. The number of nitrogens with zero attached hydrogens (tertiary/aromatic N) is 2. The van der Waals surface area contributed by atoms with Crippen molar-refractivity contribution in [3.8, 4) is 11.3 Å². The molecule has 0 aliphatic rings. The molecule has 0 radical (unpaired) electrons. The van der Waals surface area contributed by atoms with Gasteiger partial charge in [-0.25, -0.2) is 14.4 Å². The number of nitrogens with one attached hydrogen (secondary N) is 1. The van der Waals surface area contributed by atoms with E-state index >= 15 is 0 Å². The molecular weight excluding hydrogens is 241 g/mol. The Bertz CT molecular complexity index is 567. The maximum absolute atomic E-state index is 13.3. The van der Waals surface area contributed by atoms with E-state index in [-0.39, 0.29) is 5.82 Å². The topological polar surface area (TPSA) is 37.8 Å². The van der Waals surface area contributed by atoms with Gasteiger partial charge in [0.15, 0.2) is 0 Å². The highest BCUT2D eigenvalue weighted by Gasteiger charge is 2.06. The molecule has 1 N–H and O–H groups in total. The molecule has 0 aliphatic carbocycles. The number of hydrogen-bond acceptors (Lipinski definition) is 3. The van der Waals surface area contributed by atoms with Crippen LogP contribution in [0.3, 0.4) is 0 Å². The highest BCUT2D eigenvalue weighted by Crippen LogP contribution is 2.18. The first kappa shape index (κ1) is 13.6. The summed E-state index contributed by atoms with van der Waals surface area (Å²) in [4.78, 5) is 8.86. The molecule has 0 atom stereocenters. The lowest BCUT2D eigenvalue weighted by atomic mass is 10.1. The Kier molecular flexibility index (Phi) is 4.22. The molecule has 0 saturated heterocycles. The molecule has 1 aromatic carbocycles. The van der Waals surface area contributed by atoms with Gasteiger partial charge in [-0.3, -0.25) is 0 Å². The van der Waals surface area contributed by atoms with Crippen molar-refractivity contribution < 1.29 is 4.39 Å². The van der Waals surface area contributed by atoms with Gasteiger partial charge < -0.3 is 5.32 Å². The second kappa shape index (κ2) is 5.89. The van der Waals surface area contributed by atoms with E-state index in [1.165, 1.54) is 12.1 Å². The Hall–Kier alpha value is -1.81. The third-order valence-corrected chi connectivity index (χ3v) is 2.69. The van der Waals surface area contributed by atoms with Gasteiger partial charge in [0.1, 0.15) is 11.6 Å². The number of aryl methyl sites for hydroxylation is 1. The maximum atomic E-state index is 13.3. The molecule has 1 heterocycles. The number of rotatable bonds is 4. The largest absolute Gasteiger partial charge is 0.308 e. The van der Waals surface area contributed by atoms with E-state index in [9.17, 15) is 4.39 Å². The monoisotopic (exact) mass is 259 g/mol. The van der Waals surface area contributed by atoms with E-state index in [1.807, 2.05) is 19.1 Å². The van der Waals surface area contributed by atoms with Gasteiger partial charge in [0.25, 0.3) is 0 Å². The zero-order valence-electron chi connectivity index (χ0n) is 11.4. The molecular formula is C15H18FN3. The number of aromatic nitrogens is 2. The number of benzene rings is 1. The molecule has 100 valence electrons. The summed E-state index contributed by atoms with van der Waals surface area (Å²) in [6.07, 6.45) is 0. The van der Waals surface area contributed by atoms with Gasteiger partial charge in [0, 0.05) is 17.3 Å². The molecule has 2 rings (SSSR count). The lowest BCUT2D eigenvalue weighted by Crippen LogP contribution is -2.23. The Morgan fingerprint density at radius 3 is 2.68 bits per heavy atom. The molecule has 4 heteroatoms. The van der Waals surface area contributed by atoms with Crippen LogP contribution in [0, 0.1) is 12.7 Å². The third kappa shape index (κ3) is 3.83. The van der Waals surface area contributed by atoms with E-state index in [0.29, 0.717) is 12.6 Å². The lowest BCUT2D eigenvalue weighted by molar-refractivity contribution is 0.571. The van der Waals surface area contributed by atoms with Crippen molar-refractivity contribution in [3.63, 3.8) is 0 Å². The smallest absolute Gasteiger partial charge is 0.143 e. The SMILES string of the molecule is Cc1cc(-c2cccc(F)c2)nc(CNC(C)C)n1. The predicted octanol–water partition coefficient (Wildman–Crippen LogP) is 3.09. The highest BCUT2D eigenvalue weighted by molar-refractivity contribution is 5.59. The highest BCUT2D eigenvalue weighted by atomic mass is 19.1. The predicted molar refractivity (Wildman–Crippen MR) is 74.1 cm³/mol. The fraction of sp³-hybridized carbons (Fsp3) is 0.333. The van der Waals surface area contributed by atoms with Gasteiger partial charge in [-0.2, -0.15) is 0 Å². The van der Waals surface area contributed by atoms with Crippen LogP contribution < -0.4 is 5.32 Å². The summed E-state index contributed by atoms with van der Waals surface area (Å²) in [6.45, 7) is 6.68. The van der Waals surface area contributed by atoms with Crippen molar-refractivity contribution in [3.05, 3.63) is 47.7 Å². The van der Waals surface area contributed by atoms with Gasteiger partial charge in [-0.05, 0) is 25.1 Å². The van der Waals surface area contributed by atoms with Crippen LogP contribution in [0.25, 0.3) is 11.3 Å². The molecule has 0 amide bonds. The van der Waals surface area contributed by atoms with Crippen LogP contribution in [-0.2, 0) is 6.54 Å². The Labute approximate surface area is 112 Å². The minimum Gasteiger partial charge on any atom is -0.308 e. The summed E-state index contributed by atoms with van der Waals surface area (Å²) in [5, 5.41) is 3.28. The van der Waals surface area contributed by atoms with Crippen LogP contribution in [0.2, 0.25) is 0 Å². The van der Waals surface area contributed by atoms with Crippen molar-refractivity contribution in [1.82, 2.24) is 15.3 Å². The van der Waals surface area contributed by atoms with Crippen LogP contribution >= 0.6 is 0 Å². The van der Waals surface area contributed by atoms with Gasteiger partial charge in [0.05, 0.1) is 12.2 Å². The average molecular weight is 259 g/mol. The van der Waals surface area contributed by atoms with E-state index < -0.39 is 0 Å². The summed E-state index contributed by atoms with van der Waals surface area (Å²) >= 11 is 0. The normalized spacial score (nSPS) is 11.0. The fourth-order valence-electron chi connectivity index (χ4n) is 1.80. The summed E-state index contributed by atoms with van der Waals surface area (Å²) in [5.41, 5.74) is 2.42. The fourth-order valence-corrected chi connectivity index (χ4v) is 1.80. The zero-order valence-corrected chi connectivity index (χ0v) is 11.4. The first-order valence-corrected chi connectivity index (χ1v) is 6.38. The number of halogens is 1. The molecule has 0 aliphatic heterocycles. The Morgan fingerprint density at radius 1 is 1.21 bits per heavy atom. The summed E-state index contributed by atoms with van der Waals surface area (Å²) < 4.78 is 13.3. The second-order valence-corrected chi connectivity index (χ2v) is 4.86. The maximum Gasteiger partial charge on any atom is 0.143 e. The minimum absolute atomic E-state index is 0.254. The molecule has 0 bridgehead atoms. The Balaban J connectivity index is 2.31. The summed E-state index contributed by atoms with van der Waals surface area (Å²) in [6, 6.07) is 8.70. The molecule has 0 spiro atoms. The van der Waals surface area contributed by atoms with Gasteiger partial charge >= 0.3 is 0 Å². The van der Waals surface area contributed by atoms with Crippen LogP contribution in [0.15, 0.2) is 30.3 Å². The molecule has 0 fully saturated rings. The molecule has 2 aromatic rings.